The van der Waals surface area contributed by atoms with Crippen molar-refractivity contribution in [2.24, 2.45) is 5.41 Å². The fourth-order valence-corrected chi connectivity index (χ4v) is 3.67. The fraction of sp³-hybridized carbons (Fsp3) is 0.900. The zero-order valence-electron chi connectivity index (χ0n) is 10.2. The highest BCUT2D eigenvalue weighted by Gasteiger charge is 2.51. The summed E-state index contributed by atoms with van der Waals surface area (Å²) in [6.07, 6.45) is -3.39. The van der Waals surface area contributed by atoms with E-state index < -0.39 is 27.4 Å². The Hall–Kier alpha value is -0.810. The molecule has 0 unspecified atom stereocenters. The average Bonchev–Trinajstić information content (AvgIpc) is 2.93. The van der Waals surface area contributed by atoms with Gasteiger partial charge in [0.2, 0.25) is 10.0 Å². The first-order valence-corrected chi connectivity index (χ1v) is 7.05. The van der Waals surface area contributed by atoms with E-state index in [4.69, 9.17) is 5.26 Å². The first-order chi connectivity index (χ1) is 8.01. The molecule has 0 atom stereocenters. The standard InChI is InChI=1S/C10H15F3N2O2S/c1-9(2,10(11,12)13)7-18(16,17)15(6-5-14)8-3-4-8/h8H,3-4,6-7H2,1-2H3. The molecular weight excluding hydrogens is 269 g/mol. The lowest BCUT2D eigenvalue weighted by Gasteiger charge is -2.30. The largest absolute Gasteiger partial charge is 0.395 e. The SMILES string of the molecule is CC(C)(CS(=O)(=O)N(CC#N)C1CC1)C(F)(F)F. The first kappa shape index (κ1) is 15.2. The molecular formula is C10H15F3N2O2S. The van der Waals surface area contributed by atoms with Gasteiger partial charge in [0.15, 0.2) is 0 Å². The molecule has 4 nitrogen and oxygen atoms in total. The number of hydrogen-bond acceptors (Lipinski definition) is 3. The Morgan fingerprint density at radius 2 is 1.83 bits per heavy atom. The van der Waals surface area contributed by atoms with E-state index in [1.165, 1.54) is 0 Å². The lowest BCUT2D eigenvalue weighted by Crippen LogP contribution is -2.45. The van der Waals surface area contributed by atoms with Crippen LogP contribution in [-0.4, -0.2) is 37.2 Å². The van der Waals surface area contributed by atoms with Gasteiger partial charge in [-0.3, -0.25) is 0 Å². The van der Waals surface area contributed by atoms with Crippen LogP contribution in [0.1, 0.15) is 26.7 Å². The number of sulfonamides is 1. The third kappa shape index (κ3) is 3.36. The van der Waals surface area contributed by atoms with Gasteiger partial charge < -0.3 is 0 Å². The Morgan fingerprint density at radius 1 is 1.33 bits per heavy atom. The molecule has 1 saturated carbocycles. The van der Waals surface area contributed by atoms with Crippen LogP contribution in [0.3, 0.4) is 0 Å². The molecule has 0 aliphatic heterocycles. The smallest absolute Gasteiger partial charge is 0.212 e. The van der Waals surface area contributed by atoms with Gasteiger partial charge in [0, 0.05) is 6.04 Å². The molecule has 0 heterocycles. The number of alkyl halides is 3. The van der Waals surface area contributed by atoms with Crippen LogP contribution in [0.15, 0.2) is 0 Å². The van der Waals surface area contributed by atoms with E-state index in [1.807, 2.05) is 0 Å². The van der Waals surface area contributed by atoms with Crippen molar-refractivity contribution in [1.29, 1.82) is 5.26 Å². The molecule has 18 heavy (non-hydrogen) atoms. The molecule has 104 valence electrons. The van der Waals surface area contributed by atoms with Crippen molar-refractivity contribution in [1.82, 2.24) is 4.31 Å². The maximum Gasteiger partial charge on any atom is 0.395 e. The molecule has 0 aromatic heterocycles. The highest BCUT2D eigenvalue weighted by Crippen LogP contribution is 2.40. The summed E-state index contributed by atoms with van der Waals surface area (Å²) in [7, 11) is -4.07. The predicted molar refractivity (Wildman–Crippen MR) is 59.0 cm³/mol. The monoisotopic (exact) mass is 284 g/mol. The molecule has 1 aliphatic carbocycles. The molecule has 0 aromatic rings. The second-order valence-corrected chi connectivity index (χ2v) is 6.99. The summed E-state index contributed by atoms with van der Waals surface area (Å²) < 4.78 is 62.8. The van der Waals surface area contributed by atoms with Gasteiger partial charge in [-0.1, -0.05) is 13.8 Å². The Bertz CT molecular complexity index is 447. The minimum absolute atomic E-state index is 0.307. The van der Waals surface area contributed by atoms with E-state index in [-0.39, 0.29) is 12.6 Å². The van der Waals surface area contributed by atoms with Crippen molar-refractivity contribution in [3.8, 4) is 6.07 Å². The average molecular weight is 284 g/mol. The van der Waals surface area contributed by atoms with Crippen LogP contribution in [0.4, 0.5) is 13.2 Å². The Balaban J connectivity index is 2.90. The number of rotatable bonds is 5. The maximum absolute atomic E-state index is 12.7. The number of nitrogens with zero attached hydrogens (tertiary/aromatic N) is 2. The third-order valence-corrected chi connectivity index (χ3v) is 5.08. The van der Waals surface area contributed by atoms with Gasteiger partial charge in [0.25, 0.3) is 0 Å². The number of hydrogen-bond donors (Lipinski definition) is 0. The molecule has 0 bridgehead atoms. The quantitative estimate of drug-likeness (QED) is 0.724. The molecule has 0 N–H and O–H groups in total. The summed E-state index contributed by atoms with van der Waals surface area (Å²) >= 11 is 0. The Kier molecular flexibility index (Phi) is 3.98. The van der Waals surface area contributed by atoms with Crippen molar-refractivity contribution in [2.45, 2.75) is 38.9 Å². The van der Waals surface area contributed by atoms with Crippen molar-refractivity contribution >= 4 is 10.0 Å². The second-order valence-electron chi connectivity index (χ2n) is 5.07. The van der Waals surface area contributed by atoms with Crippen molar-refractivity contribution in [3.05, 3.63) is 0 Å². The van der Waals surface area contributed by atoms with Crippen molar-refractivity contribution in [3.63, 3.8) is 0 Å². The summed E-state index contributed by atoms with van der Waals surface area (Å²) in [4.78, 5) is 0. The Labute approximate surface area is 104 Å². The molecule has 1 aliphatic rings. The fourth-order valence-electron chi connectivity index (χ4n) is 1.51. The van der Waals surface area contributed by atoms with Crippen LogP contribution in [0.5, 0.6) is 0 Å². The summed E-state index contributed by atoms with van der Waals surface area (Å²) in [6, 6.07) is 1.38. The van der Waals surface area contributed by atoms with Gasteiger partial charge in [-0.15, -0.1) is 0 Å². The topological polar surface area (TPSA) is 61.2 Å². The molecule has 0 amide bonds. The van der Waals surface area contributed by atoms with Gasteiger partial charge in [-0.2, -0.15) is 22.7 Å². The normalized spacial score (nSPS) is 17.8. The van der Waals surface area contributed by atoms with Gasteiger partial charge in [0.1, 0.15) is 6.54 Å². The van der Waals surface area contributed by atoms with Crippen LogP contribution >= 0.6 is 0 Å². The van der Waals surface area contributed by atoms with Crippen LogP contribution < -0.4 is 0 Å². The molecule has 8 heteroatoms. The minimum Gasteiger partial charge on any atom is -0.212 e. The summed E-state index contributed by atoms with van der Waals surface area (Å²) in [5, 5.41) is 8.56. The van der Waals surface area contributed by atoms with Crippen molar-refractivity contribution < 1.29 is 21.6 Å². The van der Waals surface area contributed by atoms with Crippen LogP contribution in [0.25, 0.3) is 0 Å². The van der Waals surface area contributed by atoms with E-state index in [0.29, 0.717) is 12.8 Å². The van der Waals surface area contributed by atoms with E-state index >= 15 is 0 Å². The molecule has 1 rings (SSSR count). The van der Waals surface area contributed by atoms with E-state index in [2.05, 4.69) is 0 Å². The molecule has 0 spiro atoms. The van der Waals surface area contributed by atoms with Gasteiger partial charge in [-0.05, 0) is 12.8 Å². The highest BCUT2D eigenvalue weighted by atomic mass is 32.2. The summed E-state index contributed by atoms with van der Waals surface area (Å²) in [6.45, 7) is 1.31. The summed E-state index contributed by atoms with van der Waals surface area (Å²) in [5.41, 5.74) is -2.32. The first-order valence-electron chi connectivity index (χ1n) is 5.44. The van der Waals surface area contributed by atoms with E-state index in [0.717, 1.165) is 18.2 Å². The predicted octanol–water partition coefficient (Wildman–Crippen LogP) is 1.89. The lowest BCUT2D eigenvalue weighted by atomic mass is 9.96. The Morgan fingerprint density at radius 3 is 2.17 bits per heavy atom. The molecule has 0 aromatic carbocycles. The minimum atomic E-state index is -4.60. The molecule has 0 saturated heterocycles. The van der Waals surface area contributed by atoms with Crippen LogP contribution in [-0.2, 0) is 10.0 Å². The van der Waals surface area contributed by atoms with E-state index in [9.17, 15) is 21.6 Å². The van der Waals surface area contributed by atoms with Gasteiger partial charge in [-0.25, -0.2) is 8.42 Å². The lowest BCUT2D eigenvalue weighted by molar-refractivity contribution is -0.203. The van der Waals surface area contributed by atoms with Crippen molar-refractivity contribution in [2.75, 3.05) is 12.3 Å². The number of halogens is 3. The van der Waals surface area contributed by atoms with E-state index in [1.54, 1.807) is 6.07 Å². The highest BCUT2D eigenvalue weighted by molar-refractivity contribution is 7.89. The number of nitriles is 1. The zero-order valence-corrected chi connectivity index (χ0v) is 11.0. The van der Waals surface area contributed by atoms with Gasteiger partial charge in [0.05, 0.1) is 17.2 Å². The third-order valence-electron chi connectivity index (χ3n) is 2.85. The van der Waals surface area contributed by atoms with Crippen LogP contribution in [0, 0.1) is 16.7 Å². The van der Waals surface area contributed by atoms with Crippen LogP contribution in [0.2, 0.25) is 0 Å². The zero-order chi connectivity index (χ0) is 14.2. The molecule has 0 radical (unpaired) electrons. The second kappa shape index (κ2) is 4.70. The maximum atomic E-state index is 12.7. The summed E-state index contributed by atoms with van der Waals surface area (Å²) in [5.74, 6) is -1.03. The van der Waals surface area contributed by atoms with Gasteiger partial charge >= 0.3 is 6.18 Å². The molecule has 1 fully saturated rings.